The molecule has 0 saturated heterocycles. The van der Waals surface area contributed by atoms with Gasteiger partial charge in [-0.3, -0.25) is 4.98 Å². The van der Waals surface area contributed by atoms with E-state index in [-0.39, 0.29) is 20.1 Å². The predicted molar refractivity (Wildman–Crippen MR) is 179 cm³/mol. The maximum Gasteiger partial charge on any atom is 0.216 e. The van der Waals surface area contributed by atoms with Crippen LogP contribution >= 0.6 is 0 Å². The molecule has 0 aliphatic carbocycles. The second kappa shape index (κ2) is 12.5. The molecule has 0 amide bonds. The van der Waals surface area contributed by atoms with Crippen molar-refractivity contribution < 1.29 is 24.5 Å². The van der Waals surface area contributed by atoms with Crippen LogP contribution < -0.4 is 0 Å². The van der Waals surface area contributed by atoms with Gasteiger partial charge in [0.2, 0.25) is 5.71 Å². The molecule has 0 unspecified atom stereocenters. The first kappa shape index (κ1) is 29.2. The molecule has 46 heavy (non-hydrogen) atoms. The molecule has 0 fully saturated rings. The summed E-state index contributed by atoms with van der Waals surface area (Å²) in [4.78, 5) is 18.5. The van der Waals surface area contributed by atoms with E-state index in [9.17, 15) is 0 Å². The zero-order valence-electron chi connectivity index (χ0n) is 24.7. The molecule has 0 atom stereocenters. The Morgan fingerprint density at radius 3 is 2.33 bits per heavy atom. The van der Waals surface area contributed by atoms with Crippen LogP contribution in [0, 0.1) is 19.1 Å². The molecule has 9 aromatic rings. The van der Waals surface area contributed by atoms with Gasteiger partial charge in [0, 0.05) is 60.0 Å². The summed E-state index contributed by atoms with van der Waals surface area (Å²) >= 11 is 0. The van der Waals surface area contributed by atoms with Crippen molar-refractivity contribution >= 4 is 44.0 Å². The van der Waals surface area contributed by atoms with Crippen LogP contribution in [-0.2, 0) is 20.1 Å². The maximum absolute atomic E-state index is 6.28. The summed E-state index contributed by atoms with van der Waals surface area (Å²) < 4.78 is 8.43. The molecule has 5 aromatic heterocycles. The van der Waals surface area contributed by atoms with Crippen molar-refractivity contribution in [1.29, 1.82) is 0 Å². The van der Waals surface area contributed by atoms with Crippen LogP contribution in [0.1, 0.15) is 5.69 Å². The van der Waals surface area contributed by atoms with Gasteiger partial charge in [-0.25, -0.2) is 9.97 Å². The number of aryl methyl sites for hydroxylation is 1. The van der Waals surface area contributed by atoms with E-state index in [0.29, 0.717) is 11.4 Å². The van der Waals surface area contributed by atoms with Crippen LogP contribution in [-0.4, -0.2) is 24.5 Å². The number of pyridine rings is 3. The molecule has 7 heteroatoms. The monoisotopic (exact) mass is 772 g/mol. The van der Waals surface area contributed by atoms with Crippen molar-refractivity contribution in [2.24, 2.45) is 0 Å². The number of hydrogen-bond donors (Lipinski definition) is 0. The van der Waals surface area contributed by atoms with Crippen LogP contribution in [0.25, 0.3) is 72.3 Å². The summed E-state index contributed by atoms with van der Waals surface area (Å²) in [5.41, 5.74) is 7.71. The van der Waals surface area contributed by atoms with Crippen molar-refractivity contribution in [1.82, 2.24) is 24.5 Å². The Balaban J connectivity index is 0.000000220. The fourth-order valence-corrected chi connectivity index (χ4v) is 5.65. The van der Waals surface area contributed by atoms with E-state index < -0.39 is 0 Å². The zero-order chi connectivity index (χ0) is 30.2. The van der Waals surface area contributed by atoms with E-state index in [2.05, 4.69) is 62.0 Å². The average molecular weight is 772 g/mol. The Kier molecular flexibility index (Phi) is 7.93. The number of benzene rings is 4. The molecule has 0 saturated carbocycles. The molecule has 9 rings (SSSR count). The van der Waals surface area contributed by atoms with Gasteiger partial charge in [0.1, 0.15) is 0 Å². The third kappa shape index (κ3) is 5.26. The van der Waals surface area contributed by atoms with Crippen LogP contribution in [0.4, 0.5) is 0 Å². The van der Waals surface area contributed by atoms with E-state index in [1.807, 2.05) is 104 Å². The van der Waals surface area contributed by atoms with Crippen LogP contribution in [0.5, 0.6) is 0 Å². The molecule has 0 spiro atoms. The second-order valence-corrected chi connectivity index (χ2v) is 10.6. The van der Waals surface area contributed by atoms with Gasteiger partial charge in [-0.05, 0) is 42.9 Å². The van der Waals surface area contributed by atoms with Gasteiger partial charge in [-0.15, -0.1) is 54.1 Å². The molecule has 1 radical (unpaired) electrons. The Labute approximate surface area is 278 Å². The first-order chi connectivity index (χ1) is 22.2. The zero-order valence-corrected chi connectivity index (χ0v) is 27.1. The smallest absolute Gasteiger partial charge is 0.216 e. The largest absolute Gasteiger partial charge is 0.486 e. The summed E-state index contributed by atoms with van der Waals surface area (Å²) in [6.07, 6.45) is 3.66. The molecule has 5 heterocycles. The summed E-state index contributed by atoms with van der Waals surface area (Å²) in [6.45, 7) is 1.96. The summed E-state index contributed by atoms with van der Waals surface area (Å²) in [7, 11) is 0. The summed E-state index contributed by atoms with van der Waals surface area (Å²) in [5, 5.41) is 4.14. The summed E-state index contributed by atoms with van der Waals surface area (Å²) in [6, 6.07) is 46.7. The summed E-state index contributed by atoms with van der Waals surface area (Å²) in [5.74, 6) is 0.737. The van der Waals surface area contributed by atoms with E-state index in [1.165, 1.54) is 0 Å². The molecule has 223 valence electrons. The van der Waals surface area contributed by atoms with Gasteiger partial charge in [0.05, 0.1) is 16.9 Å². The normalized spacial score (nSPS) is 11.0. The van der Waals surface area contributed by atoms with Crippen LogP contribution in [0.2, 0.25) is 0 Å². The molecular weight excluding hydrogens is 747 g/mol. The van der Waals surface area contributed by atoms with Gasteiger partial charge in [-0.1, -0.05) is 65.5 Å². The van der Waals surface area contributed by atoms with Gasteiger partial charge < -0.3 is 14.0 Å². The number of aromatic nitrogens is 5. The number of furan rings is 1. The van der Waals surface area contributed by atoms with E-state index in [4.69, 9.17) is 9.40 Å². The number of imidazole rings is 1. The molecule has 6 nitrogen and oxygen atoms in total. The fourth-order valence-electron chi connectivity index (χ4n) is 5.65. The molecule has 0 aliphatic heterocycles. The Bertz CT molecular complexity index is 2400. The number of nitrogens with zero attached hydrogens (tertiary/aromatic N) is 5. The number of para-hydroxylation sites is 1. The van der Waals surface area contributed by atoms with E-state index in [1.54, 1.807) is 6.20 Å². The topological polar surface area (TPSA) is 69.6 Å². The van der Waals surface area contributed by atoms with Crippen LogP contribution in [0.3, 0.4) is 0 Å². The fraction of sp³-hybridized carbons (Fsp3) is 0.0256. The van der Waals surface area contributed by atoms with Crippen molar-refractivity contribution in [3.05, 3.63) is 152 Å². The minimum atomic E-state index is 0. The minimum absolute atomic E-state index is 0. The third-order valence-corrected chi connectivity index (χ3v) is 7.73. The van der Waals surface area contributed by atoms with Gasteiger partial charge in [0.25, 0.3) is 0 Å². The first-order valence-electron chi connectivity index (χ1n) is 14.7. The molecule has 4 aromatic carbocycles. The maximum atomic E-state index is 6.28. The third-order valence-electron chi connectivity index (χ3n) is 7.73. The van der Waals surface area contributed by atoms with Crippen LogP contribution in [0.15, 0.2) is 138 Å². The standard InChI is InChI=1S/C28H17N4O.C11H8N.Ir/c1-17-14-15-22-21-12-7-13-23(25(21)33-28(22)30-17)27-31-26-24(32(27)19-9-3-2-4-10-19)20-11-6-5-8-18(20)16-29-26;1-2-6-10(7-3-1)11-8-4-5-9-12-11;/h2-12,14-16H,1H3;1-6,8-9H;/q2*-1;. The average Bonchev–Trinajstić information content (AvgIpc) is 3.68. The number of fused-ring (bicyclic) bond motifs is 6. The van der Waals surface area contributed by atoms with Gasteiger partial charge in [-0.2, -0.15) is 0 Å². The SMILES string of the molecule is Cc1ccc2c(n1)oc1c(-c3nc4ncc5ccccc5c4n3-c3ccccc3)[c-]ccc12.[Ir].[c-]1ccccc1-c1ccccn1. The van der Waals surface area contributed by atoms with Crippen molar-refractivity contribution in [2.75, 3.05) is 0 Å². The Morgan fingerprint density at radius 2 is 1.50 bits per heavy atom. The van der Waals surface area contributed by atoms with Gasteiger partial charge in [0.15, 0.2) is 5.65 Å². The predicted octanol–water partition coefficient (Wildman–Crippen LogP) is 9.19. The molecule has 0 bridgehead atoms. The van der Waals surface area contributed by atoms with Crippen molar-refractivity contribution in [3.8, 4) is 28.3 Å². The molecular formula is C39H25IrN5O-2. The quantitative estimate of drug-likeness (QED) is 0.168. The minimum Gasteiger partial charge on any atom is -0.486 e. The van der Waals surface area contributed by atoms with Crippen molar-refractivity contribution in [3.63, 3.8) is 0 Å². The van der Waals surface area contributed by atoms with Gasteiger partial charge >= 0.3 is 0 Å². The molecule has 0 N–H and O–H groups in total. The number of rotatable bonds is 3. The van der Waals surface area contributed by atoms with E-state index in [0.717, 1.165) is 66.7 Å². The molecule has 0 aliphatic rings. The number of hydrogen-bond acceptors (Lipinski definition) is 5. The first-order valence-corrected chi connectivity index (χ1v) is 14.7. The van der Waals surface area contributed by atoms with E-state index >= 15 is 0 Å². The second-order valence-electron chi connectivity index (χ2n) is 10.6. The van der Waals surface area contributed by atoms with Crippen molar-refractivity contribution in [2.45, 2.75) is 6.92 Å². The Hall–Kier alpha value is -5.49. The Morgan fingerprint density at radius 1 is 0.674 bits per heavy atom.